The molecule has 4 aromatic carbocycles. The number of amides is 2. The Morgan fingerprint density at radius 3 is 2.30 bits per heavy atom. The Hall–Kier alpha value is -3.02. The average Bonchev–Trinajstić information content (AvgIpc) is 3.16. The second-order valence-electron chi connectivity index (χ2n) is 7.41. The Labute approximate surface area is 154 Å². The van der Waals surface area contributed by atoms with E-state index in [0.717, 1.165) is 10.9 Å². The standard InChI is InChI=1S/C22H16N2O3/c1-24-19(18-20(27-24)22(26)23-21(18)25)15-10-8-13-6-5-11-3-2-4-12-7-9-14(15)17(13)16(11)12/h2-10,18-20H,1H3,(H,23,25,26)/t18-,19-,20+/m0/s1. The third-order valence-corrected chi connectivity index (χ3v) is 6.03. The first-order valence-corrected chi connectivity index (χ1v) is 9.04. The van der Waals surface area contributed by atoms with Crippen LogP contribution in [0, 0.1) is 5.92 Å². The molecule has 2 heterocycles. The van der Waals surface area contributed by atoms with Crippen molar-refractivity contribution in [2.24, 2.45) is 5.92 Å². The first kappa shape index (κ1) is 15.1. The van der Waals surface area contributed by atoms with Crippen LogP contribution in [-0.2, 0) is 14.4 Å². The minimum atomic E-state index is -0.744. The number of hydroxylamine groups is 2. The predicted molar refractivity (Wildman–Crippen MR) is 102 cm³/mol. The summed E-state index contributed by atoms with van der Waals surface area (Å²) in [5, 5.41) is 11.2. The zero-order valence-electron chi connectivity index (χ0n) is 14.6. The lowest BCUT2D eigenvalue weighted by atomic mass is 9.85. The van der Waals surface area contributed by atoms with Crippen molar-refractivity contribution in [3.05, 3.63) is 60.2 Å². The quantitative estimate of drug-likeness (QED) is 0.420. The van der Waals surface area contributed by atoms with Gasteiger partial charge in [0.15, 0.2) is 6.10 Å². The Morgan fingerprint density at radius 2 is 1.52 bits per heavy atom. The fourth-order valence-corrected chi connectivity index (χ4v) is 4.87. The van der Waals surface area contributed by atoms with Crippen LogP contribution in [0.3, 0.4) is 0 Å². The van der Waals surface area contributed by atoms with Crippen LogP contribution in [0.25, 0.3) is 32.3 Å². The van der Waals surface area contributed by atoms with Gasteiger partial charge in [-0.15, -0.1) is 0 Å². The van der Waals surface area contributed by atoms with Crippen molar-refractivity contribution in [3.8, 4) is 0 Å². The van der Waals surface area contributed by atoms with Crippen LogP contribution >= 0.6 is 0 Å². The first-order chi connectivity index (χ1) is 13.1. The molecular weight excluding hydrogens is 340 g/mol. The Morgan fingerprint density at radius 1 is 0.852 bits per heavy atom. The van der Waals surface area contributed by atoms with E-state index >= 15 is 0 Å². The number of nitrogens with zero attached hydrogens (tertiary/aromatic N) is 1. The van der Waals surface area contributed by atoms with Crippen LogP contribution in [0.15, 0.2) is 54.6 Å². The van der Waals surface area contributed by atoms with Gasteiger partial charge in [-0.25, -0.2) is 0 Å². The molecule has 27 heavy (non-hydrogen) atoms. The van der Waals surface area contributed by atoms with Gasteiger partial charge >= 0.3 is 0 Å². The van der Waals surface area contributed by atoms with Crippen molar-refractivity contribution in [2.75, 3.05) is 7.05 Å². The molecule has 2 aliphatic heterocycles. The molecule has 3 atom stereocenters. The summed E-state index contributed by atoms with van der Waals surface area (Å²) in [6.45, 7) is 0. The minimum absolute atomic E-state index is 0.259. The molecule has 0 radical (unpaired) electrons. The molecule has 2 fully saturated rings. The maximum Gasteiger partial charge on any atom is 0.258 e. The largest absolute Gasteiger partial charge is 0.294 e. The highest BCUT2D eigenvalue weighted by molar-refractivity contribution is 6.23. The van der Waals surface area contributed by atoms with Gasteiger partial charge in [0, 0.05) is 7.05 Å². The average molecular weight is 356 g/mol. The molecule has 1 N–H and O–H groups in total. The molecule has 132 valence electrons. The number of benzene rings is 4. The van der Waals surface area contributed by atoms with Gasteiger partial charge < -0.3 is 0 Å². The van der Waals surface area contributed by atoms with Gasteiger partial charge in [-0.1, -0.05) is 54.6 Å². The first-order valence-electron chi connectivity index (χ1n) is 9.04. The normalized spacial score (nSPS) is 25.7. The fraction of sp³-hybridized carbons (Fsp3) is 0.182. The highest BCUT2D eigenvalue weighted by atomic mass is 16.7. The Balaban J connectivity index is 1.66. The summed E-state index contributed by atoms with van der Waals surface area (Å²) >= 11 is 0. The predicted octanol–water partition coefficient (Wildman–Crippen LogP) is 3.14. The Bertz CT molecular complexity index is 1250. The molecule has 0 bridgehead atoms. The van der Waals surface area contributed by atoms with Crippen LogP contribution in [0.2, 0.25) is 0 Å². The number of nitrogens with one attached hydrogen (secondary N) is 1. The van der Waals surface area contributed by atoms with E-state index in [1.807, 2.05) is 0 Å². The highest BCUT2D eigenvalue weighted by Crippen LogP contribution is 2.45. The monoisotopic (exact) mass is 356 g/mol. The SMILES string of the molecule is CN1O[C@H]2C(=O)NC(=O)[C@H]2[C@@H]1c1ccc2ccc3cccc4ccc1c2c34. The number of carbonyl (C=O) groups excluding carboxylic acids is 2. The highest BCUT2D eigenvalue weighted by Gasteiger charge is 2.55. The second-order valence-corrected chi connectivity index (χ2v) is 7.41. The molecule has 4 aromatic rings. The van der Waals surface area contributed by atoms with Gasteiger partial charge in [0.2, 0.25) is 5.91 Å². The van der Waals surface area contributed by atoms with Gasteiger partial charge in [-0.2, -0.15) is 5.06 Å². The summed E-state index contributed by atoms with van der Waals surface area (Å²) in [6, 6.07) is 18.7. The van der Waals surface area contributed by atoms with E-state index in [9.17, 15) is 9.59 Å². The van der Waals surface area contributed by atoms with Crippen LogP contribution in [0.5, 0.6) is 0 Å². The molecule has 0 spiro atoms. The van der Waals surface area contributed by atoms with Crippen molar-refractivity contribution in [1.82, 2.24) is 10.4 Å². The summed E-state index contributed by atoms with van der Waals surface area (Å²) < 4.78 is 0. The maximum absolute atomic E-state index is 12.4. The van der Waals surface area contributed by atoms with E-state index in [-0.39, 0.29) is 17.9 Å². The van der Waals surface area contributed by atoms with E-state index in [2.05, 4.69) is 59.9 Å². The molecular formula is C22H16N2O3. The van der Waals surface area contributed by atoms with Crippen LogP contribution in [0.4, 0.5) is 0 Å². The van der Waals surface area contributed by atoms with Crippen molar-refractivity contribution in [1.29, 1.82) is 0 Å². The van der Waals surface area contributed by atoms with E-state index in [1.54, 1.807) is 12.1 Å². The number of carbonyl (C=O) groups is 2. The number of hydrogen-bond acceptors (Lipinski definition) is 4. The molecule has 0 unspecified atom stereocenters. The van der Waals surface area contributed by atoms with Gasteiger partial charge in [-0.05, 0) is 37.9 Å². The van der Waals surface area contributed by atoms with E-state index in [0.29, 0.717) is 0 Å². The van der Waals surface area contributed by atoms with E-state index in [4.69, 9.17) is 4.84 Å². The minimum Gasteiger partial charge on any atom is -0.294 e. The van der Waals surface area contributed by atoms with Gasteiger partial charge in [-0.3, -0.25) is 19.7 Å². The van der Waals surface area contributed by atoms with E-state index < -0.39 is 12.0 Å². The van der Waals surface area contributed by atoms with E-state index in [1.165, 1.54) is 26.9 Å². The second kappa shape index (κ2) is 5.03. The molecule has 2 aliphatic rings. The molecule has 6 rings (SSSR count). The number of hydrogen-bond donors (Lipinski definition) is 1. The molecule has 2 saturated heterocycles. The zero-order valence-corrected chi connectivity index (χ0v) is 14.6. The zero-order chi connectivity index (χ0) is 18.3. The molecule has 5 nitrogen and oxygen atoms in total. The molecule has 0 saturated carbocycles. The number of fused-ring (bicyclic) bond motifs is 1. The Kier molecular flexibility index (Phi) is 2.81. The van der Waals surface area contributed by atoms with Crippen LogP contribution in [0.1, 0.15) is 11.6 Å². The van der Waals surface area contributed by atoms with Gasteiger partial charge in [0.25, 0.3) is 5.91 Å². The fourth-order valence-electron chi connectivity index (χ4n) is 4.87. The lowest BCUT2D eigenvalue weighted by molar-refractivity contribution is -0.162. The summed E-state index contributed by atoms with van der Waals surface area (Å²) in [4.78, 5) is 30.2. The summed E-state index contributed by atoms with van der Waals surface area (Å²) in [6.07, 6.45) is -0.744. The molecule has 0 aliphatic carbocycles. The lowest BCUT2D eigenvalue weighted by Gasteiger charge is -2.24. The number of imide groups is 1. The van der Waals surface area contributed by atoms with Gasteiger partial charge in [0.1, 0.15) is 0 Å². The lowest BCUT2D eigenvalue weighted by Crippen LogP contribution is -2.31. The third kappa shape index (κ3) is 1.85. The molecule has 5 heteroatoms. The topological polar surface area (TPSA) is 58.6 Å². The summed E-state index contributed by atoms with van der Waals surface area (Å²) in [5.74, 6) is -1.14. The van der Waals surface area contributed by atoms with Crippen molar-refractivity contribution >= 4 is 44.1 Å². The van der Waals surface area contributed by atoms with Crippen molar-refractivity contribution in [3.63, 3.8) is 0 Å². The van der Waals surface area contributed by atoms with Crippen LogP contribution in [-0.4, -0.2) is 30.0 Å². The van der Waals surface area contributed by atoms with Crippen molar-refractivity contribution in [2.45, 2.75) is 12.1 Å². The molecule has 0 aromatic heterocycles. The van der Waals surface area contributed by atoms with Crippen molar-refractivity contribution < 1.29 is 14.4 Å². The van der Waals surface area contributed by atoms with Crippen LogP contribution < -0.4 is 5.32 Å². The molecule has 2 amide bonds. The summed E-state index contributed by atoms with van der Waals surface area (Å²) in [5.41, 5.74) is 1.01. The maximum atomic E-state index is 12.4. The third-order valence-electron chi connectivity index (χ3n) is 6.03. The smallest absolute Gasteiger partial charge is 0.258 e. The van der Waals surface area contributed by atoms with Gasteiger partial charge in [0.05, 0.1) is 12.0 Å². The number of rotatable bonds is 1. The summed E-state index contributed by atoms with van der Waals surface area (Å²) in [7, 11) is 1.79.